The number of morpholine rings is 1. The fourth-order valence-corrected chi connectivity index (χ4v) is 10.4. The fourth-order valence-electron chi connectivity index (χ4n) is 8.80. The number of halogens is 2. The van der Waals surface area contributed by atoms with Gasteiger partial charge in [-0.25, -0.2) is 18.1 Å². The van der Waals surface area contributed by atoms with Crippen LogP contribution in [0.3, 0.4) is 0 Å². The zero-order valence-corrected chi connectivity index (χ0v) is 37.4. The molecular weight excluding hydrogens is 848 g/mol. The summed E-state index contributed by atoms with van der Waals surface area (Å²) in [6, 6.07) is 22.1. The van der Waals surface area contributed by atoms with Gasteiger partial charge < -0.3 is 24.1 Å². The maximum absolute atomic E-state index is 13.9. The highest BCUT2D eigenvalue weighted by Gasteiger charge is 2.34. The molecule has 0 spiro atoms. The van der Waals surface area contributed by atoms with Gasteiger partial charge in [-0.15, -0.1) is 0 Å². The Morgan fingerprint density at radius 2 is 1.77 bits per heavy atom. The van der Waals surface area contributed by atoms with Gasteiger partial charge in [0.05, 0.1) is 23.4 Å². The molecule has 62 heavy (non-hydrogen) atoms. The number of anilines is 1. The smallest absolute Gasteiger partial charge is 0.268 e. The third kappa shape index (κ3) is 9.93. The van der Waals surface area contributed by atoms with E-state index >= 15 is 0 Å². The van der Waals surface area contributed by atoms with E-state index < -0.39 is 15.9 Å². The third-order valence-corrected chi connectivity index (χ3v) is 14.5. The molecule has 2 aromatic heterocycles. The summed E-state index contributed by atoms with van der Waals surface area (Å²) in [5.41, 5.74) is 5.99. The first-order valence-corrected chi connectivity index (χ1v) is 23.6. The van der Waals surface area contributed by atoms with E-state index in [9.17, 15) is 13.2 Å². The van der Waals surface area contributed by atoms with Crippen LogP contribution in [-0.2, 0) is 14.8 Å². The van der Waals surface area contributed by atoms with Crippen molar-refractivity contribution in [3.63, 3.8) is 0 Å². The quantitative estimate of drug-likeness (QED) is 0.118. The van der Waals surface area contributed by atoms with Crippen molar-refractivity contribution in [2.24, 2.45) is 5.41 Å². The number of H-pyrrole nitrogens is 1. The number of hydrogen-bond acceptors (Lipinski definition) is 10. The third-order valence-electron chi connectivity index (χ3n) is 12.4. The number of amides is 1. The highest BCUT2D eigenvalue weighted by Crippen LogP contribution is 2.43. The molecule has 3 aromatic carbocycles. The molecule has 2 aliphatic heterocycles. The first-order chi connectivity index (χ1) is 29.9. The summed E-state index contributed by atoms with van der Waals surface area (Å²) in [4.78, 5) is 28.4. The average Bonchev–Trinajstić information content (AvgIpc) is 4.01. The Balaban J connectivity index is 0.897. The van der Waals surface area contributed by atoms with Crippen molar-refractivity contribution in [1.82, 2.24) is 24.5 Å². The SMILES string of the molecule is CC1(C)CCC(CN2CCN(c3ccc(C(=O)NS(=O)(=O)c4ccc(OCC5CN(C6CC6)CCO5)cc4Cl)c(Oc4cnc5[nH]ccc5c4)c3)CC2)=C(c2ccc(Cl)cc2)C1. The molecule has 9 rings (SSSR count). The molecule has 1 unspecified atom stereocenters. The molecule has 4 aliphatic rings. The number of carbonyl (C=O) groups is 1. The highest BCUT2D eigenvalue weighted by atomic mass is 35.5. The fraction of sp³-hybridized carbons (Fsp3) is 0.404. The maximum Gasteiger partial charge on any atom is 0.268 e. The first kappa shape index (κ1) is 42.7. The second-order valence-electron chi connectivity index (χ2n) is 17.6. The van der Waals surface area contributed by atoms with Crippen LogP contribution < -0.4 is 19.1 Å². The van der Waals surface area contributed by atoms with Crippen LogP contribution in [0.2, 0.25) is 10.0 Å². The van der Waals surface area contributed by atoms with Gasteiger partial charge in [0.15, 0.2) is 0 Å². The Morgan fingerprint density at radius 1 is 0.968 bits per heavy atom. The van der Waals surface area contributed by atoms with Gasteiger partial charge >= 0.3 is 0 Å². The topological polar surface area (TPSA) is 129 Å². The Hall–Kier alpha value is -4.63. The number of allylic oxidation sites excluding steroid dienone is 1. The van der Waals surface area contributed by atoms with Crippen LogP contribution in [-0.4, -0.2) is 105 Å². The zero-order chi connectivity index (χ0) is 43.0. The molecule has 3 fully saturated rings. The van der Waals surface area contributed by atoms with Crippen molar-refractivity contribution in [3.05, 3.63) is 112 Å². The van der Waals surface area contributed by atoms with Gasteiger partial charge in [0, 0.05) is 86.3 Å². The summed E-state index contributed by atoms with van der Waals surface area (Å²) in [5.74, 6) is 0.134. The molecule has 1 saturated carbocycles. The predicted octanol–water partition coefficient (Wildman–Crippen LogP) is 8.81. The molecule has 5 aromatic rings. The Labute approximate surface area is 373 Å². The molecule has 1 amide bonds. The number of rotatable bonds is 13. The molecule has 4 heterocycles. The molecular formula is C47H52Cl2N6O6S. The largest absolute Gasteiger partial charge is 0.491 e. The number of ether oxygens (including phenoxy) is 3. The molecule has 12 nitrogen and oxygen atoms in total. The van der Waals surface area contributed by atoms with E-state index in [1.807, 2.05) is 30.3 Å². The van der Waals surface area contributed by atoms with Gasteiger partial charge in [-0.2, -0.15) is 0 Å². The zero-order valence-electron chi connectivity index (χ0n) is 35.0. The minimum atomic E-state index is -4.41. The van der Waals surface area contributed by atoms with E-state index in [0.29, 0.717) is 36.4 Å². The number of benzene rings is 3. The number of sulfonamides is 1. The maximum atomic E-state index is 13.9. The lowest BCUT2D eigenvalue weighted by Gasteiger charge is -2.39. The number of aromatic nitrogens is 2. The lowest BCUT2D eigenvalue weighted by atomic mass is 9.72. The van der Waals surface area contributed by atoms with Crippen LogP contribution in [0.1, 0.15) is 61.9 Å². The van der Waals surface area contributed by atoms with E-state index in [1.165, 1.54) is 47.8 Å². The molecule has 2 aliphatic carbocycles. The van der Waals surface area contributed by atoms with Crippen molar-refractivity contribution < 1.29 is 27.4 Å². The first-order valence-electron chi connectivity index (χ1n) is 21.4. The van der Waals surface area contributed by atoms with E-state index in [2.05, 4.69) is 55.4 Å². The van der Waals surface area contributed by atoms with E-state index in [0.717, 1.165) is 81.2 Å². The molecule has 15 heteroatoms. The standard InChI is InChI=1S/C47H52Cl2N6O6S/c1-47(2)15-13-33(41(26-47)31-3-5-34(48)6-4-31)28-53-17-19-54(20-18-53)36-9-11-40(43(24-36)61-38-23-32-14-16-50-45(32)51-27-38)46(56)52-62(57,58)44-12-10-37(25-42(44)49)60-30-39-29-55(21-22-59-39)35-7-8-35/h3-6,9-12,14,16,23-25,27,35,39H,7-8,13,15,17-22,26,28-30H2,1-2H3,(H,50,51)(H,52,56). The number of piperazine rings is 1. The number of aromatic amines is 1. The Kier molecular flexibility index (Phi) is 12.3. The minimum absolute atomic E-state index is 0.0378. The van der Waals surface area contributed by atoms with E-state index in [-0.39, 0.29) is 32.8 Å². The number of hydrogen-bond donors (Lipinski definition) is 2. The van der Waals surface area contributed by atoms with Crippen molar-refractivity contribution in [2.75, 3.05) is 63.9 Å². The van der Waals surface area contributed by atoms with Gasteiger partial charge in [0.25, 0.3) is 15.9 Å². The van der Waals surface area contributed by atoms with Crippen molar-refractivity contribution in [3.8, 4) is 17.2 Å². The van der Waals surface area contributed by atoms with Crippen LogP contribution in [0.25, 0.3) is 16.6 Å². The predicted molar refractivity (Wildman–Crippen MR) is 243 cm³/mol. The van der Waals surface area contributed by atoms with Crippen molar-refractivity contribution in [1.29, 1.82) is 0 Å². The van der Waals surface area contributed by atoms with Crippen LogP contribution in [0.5, 0.6) is 17.2 Å². The summed E-state index contributed by atoms with van der Waals surface area (Å²) < 4.78 is 47.9. The van der Waals surface area contributed by atoms with E-state index in [1.54, 1.807) is 24.5 Å². The van der Waals surface area contributed by atoms with Gasteiger partial charge in [0.1, 0.15) is 40.5 Å². The second kappa shape index (κ2) is 17.9. The summed E-state index contributed by atoms with van der Waals surface area (Å²) in [5, 5.41) is 1.49. The molecule has 1 atom stereocenters. The van der Waals surface area contributed by atoms with E-state index in [4.69, 9.17) is 37.4 Å². The summed E-state index contributed by atoms with van der Waals surface area (Å²) >= 11 is 12.8. The summed E-state index contributed by atoms with van der Waals surface area (Å²) in [6.07, 6.45) is 8.95. The van der Waals surface area contributed by atoms with Gasteiger partial charge in [-0.3, -0.25) is 14.6 Å². The summed E-state index contributed by atoms with van der Waals surface area (Å²) in [6.45, 7) is 11.5. The summed E-state index contributed by atoms with van der Waals surface area (Å²) in [7, 11) is -4.41. The number of pyridine rings is 1. The molecule has 0 bridgehead atoms. The number of nitrogens with zero attached hydrogens (tertiary/aromatic N) is 4. The van der Waals surface area contributed by atoms with Crippen LogP contribution in [0.15, 0.2) is 95.7 Å². The minimum Gasteiger partial charge on any atom is -0.491 e. The lowest BCUT2D eigenvalue weighted by Crippen LogP contribution is -2.47. The number of fused-ring (bicyclic) bond motifs is 1. The normalized spacial score (nSPS) is 20.1. The molecule has 2 saturated heterocycles. The lowest BCUT2D eigenvalue weighted by molar-refractivity contribution is -0.0504. The molecule has 326 valence electrons. The van der Waals surface area contributed by atoms with Crippen LogP contribution in [0, 0.1) is 5.41 Å². The monoisotopic (exact) mass is 898 g/mol. The van der Waals surface area contributed by atoms with Gasteiger partial charge in [-0.1, -0.05) is 54.8 Å². The Bertz CT molecular complexity index is 2590. The van der Waals surface area contributed by atoms with Crippen LogP contribution in [0.4, 0.5) is 5.69 Å². The van der Waals surface area contributed by atoms with Crippen molar-refractivity contribution >= 4 is 61.4 Å². The van der Waals surface area contributed by atoms with Crippen molar-refractivity contribution in [2.45, 2.75) is 63.0 Å². The highest BCUT2D eigenvalue weighted by molar-refractivity contribution is 7.90. The van der Waals surface area contributed by atoms with Gasteiger partial charge in [0.2, 0.25) is 0 Å². The Morgan fingerprint density at radius 3 is 2.55 bits per heavy atom. The van der Waals surface area contributed by atoms with Gasteiger partial charge in [-0.05, 0) is 97.2 Å². The molecule has 2 N–H and O–H groups in total. The second-order valence-corrected chi connectivity index (χ2v) is 20.1. The van der Waals surface area contributed by atoms with Crippen LogP contribution >= 0.6 is 23.2 Å². The number of nitrogens with one attached hydrogen (secondary N) is 2. The number of carbonyl (C=O) groups excluding carboxylic acids is 1. The molecule has 0 radical (unpaired) electrons. The average molecular weight is 900 g/mol.